The fourth-order valence-corrected chi connectivity index (χ4v) is 3.96. The summed E-state index contributed by atoms with van der Waals surface area (Å²) >= 11 is 14.9. The number of carbonyl (C=O) groups is 1. The van der Waals surface area contributed by atoms with Crippen LogP contribution in [0.4, 0.5) is 5.13 Å². The Kier molecular flexibility index (Phi) is 6.50. The lowest BCUT2D eigenvalue weighted by Gasteiger charge is -2.03. The van der Waals surface area contributed by atoms with Gasteiger partial charge in [-0.2, -0.15) is 0 Å². The van der Waals surface area contributed by atoms with Gasteiger partial charge in [0, 0.05) is 22.2 Å². The van der Waals surface area contributed by atoms with Gasteiger partial charge < -0.3 is 5.32 Å². The Balaban J connectivity index is 1.90. The van der Waals surface area contributed by atoms with Gasteiger partial charge in [0.1, 0.15) is 0 Å². The molecule has 1 aromatic carbocycles. The summed E-state index contributed by atoms with van der Waals surface area (Å²) < 4.78 is 0.783. The number of carbonyl (C=O) groups excluding carboxylic acids is 1. The normalized spacial score (nSPS) is 11.0. The molecule has 0 atom stereocenters. The number of benzene rings is 1. The number of halogens is 2. The Labute approximate surface area is 147 Å². The van der Waals surface area contributed by atoms with E-state index in [2.05, 4.69) is 15.5 Å². The summed E-state index contributed by atoms with van der Waals surface area (Å²) in [4.78, 5) is 11.7. The number of anilines is 1. The quantitative estimate of drug-likeness (QED) is 0.562. The molecule has 4 nitrogen and oxygen atoms in total. The first-order valence-electron chi connectivity index (χ1n) is 6.64. The second-order valence-corrected chi connectivity index (χ2v) is 8.09. The van der Waals surface area contributed by atoms with E-state index in [1.807, 2.05) is 19.9 Å². The van der Waals surface area contributed by atoms with E-state index in [1.54, 1.807) is 12.1 Å². The molecule has 0 spiro atoms. The van der Waals surface area contributed by atoms with Gasteiger partial charge in [0.25, 0.3) is 0 Å². The van der Waals surface area contributed by atoms with E-state index in [-0.39, 0.29) is 5.91 Å². The minimum Gasteiger partial charge on any atom is -0.300 e. The molecular formula is C14H15Cl2N3OS2. The van der Waals surface area contributed by atoms with Crippen molar-refractivity contribution in [2.45, 2.75) is 30.4 Å². The predicted octanol–water partition coefficient (Wildman–Crippen LogP) is 5.12. The van der Waals surface area contributed by atoms with Crippen LogP contribution in [-0.2, 0) is 10.5 Å². The number of hydrogen-bond acceptors (Lipinski definition) is 5. The third-order valence-corrected chi connectivity index (χ3v) is 5.22. The van der Waals surface area contributed by atoms with Crippen LogP contribution in [0.25, 0.3) is 0 Å². The predicted molar refractivity (Wildman–Crippen MR) is 94.0 cm³/mol. The number of nitrogens with zero attached hydrogens (tertiary/aromatic N) is 2. The lowest BCUT2D eigenvalue weighted by molar-refractivity contribution is -0.116. The van der Waals surface area contributed by atoms with Crippen LogP contribution < -0.4 is 5.32 Å². The van der Waals surface area contributed by atoms with Crippen molar-refractivity contribution in [1.29, 1.82) is 0 Å². The SMILES string of the molecule is CC(C)CC(=O)Nc1nnc(SCc2ccc(Cl)cc2Cl)s1. The first-order valence-corrected chi connectivity index (χ1v) is 9.20. The summed E-state index contributed by atoms with van der Waals surface area (Å²) in [5.74, 6) is 0.946. The van der Waals surface area contributed by atoms with Crippen molar-refractivity contribution in [1.82, 2.24) is 10.2 Å². The lowest BCUT2D eigenvalue weighted by atomic mass is 10.1. The van der Waals surface area contributed by atoms with Crippen molar-refractivity contribution >= 4 is 57.3 Å². The van der Waals surface area contributed by atoms with Crippen LogP contribution in [0.15, 0.2) is 22.5 Å². The summed E-state index contributed by atoms with van der Waals surface area (Å²) in [6.45, 7) is 3.99. The van der Waals surface area contributed by atoms with Crippen molar-refractivity contribution < 1.29 is 4.79 Å². The first kappa shape index (κ1) is 17.5. The molecular weight excluding hydrogens is 361 g/mol. The van der Waals surface area contributed by atoms with E-state index in [0.29, 0.717) is 33.3 Å². The molecule has 1 heterocycles. The van der Waals surface area contributed by atoms with Crippen molar-refractivity contribution in [3.8, 4) is 0 Å². The lowest BCUT2D eigenvalue weighted by Crippen LogP contribution is -2.13. The second kappa shape index (κ2) is 8.15. The van der Waals surface area contributed by atoms with Crippen LogP contribution in [0.2, 0.25) is 10.0 Å². The minimum atomic E-state index is -0.0385. The van der Waals surface area contributed by atoms with Crippen LogP contribution in [0, 0.1) is 5.92 Å². The Hall–Kier alpha value is -0.820. The number of nitrogens with one attached hydrogen (secondary N) is 1. The molecule has 22 heavy (non-hydrogen) atoms. The Bertz CT molecular complexity index is 661. The van der Waals surface area contributed by atoms with Gasteiger partial charge in [0.05, 0.1) is 0 Å². The summed E-state index contributed by atoms with van der Waals surface area (Å²) in [6.07, 6.45) is 0.475. The third-order valence-electron chi connectivity index (χ3n) is 2.61. The number of hydrogen-bond donors (Lipinski definition) is 1. The van der Waals surface area contributed by atoms with E-state index >= 15 is 0 Å². The zero-order chi connectivity index (χ0) is 16.1. The van der Waals surface area contributed by atoms with Crippen LogP contribution in [0.1, 0.15) is 25.8 Å². The molecule has 0 unspecified atom stereocenters. The molecule has 0 bridgehead atoms. The zero-order valence-electron chi connectivity index (χ0n) is 12.1. The molecule has 0 radical (unpaired) electrons. The second-order valence-electron chi connectivity index (χ2n) is 5.04. The van der Waals surface area contributed by atoms with Crippen LogP contribution in [0.3, 0.4) is 0 Å². The maximum atomic E-state index is 11.7. The zero-order valence-corrected chi connectivity index (χ0v) is 15.2. The van der Waals surface area contributed by atoms with Gasteiger partial charge in [-0.1, -0.05) is 66.2 Å². The molecule has 2 aromatic rings. The molecule has 0 aliphatic heterocycles. The highest BCUT2D eigenvalue weighted by molar-refractivity contribution is 8.00. The van der Waals surface area contributed by atoms with E-state index in [9.17, 15) is 4.79 Å². The van der Waals surface area contributed by atoms with Crippen molar-refractivity contribution in [3.05, 3.63) is 33.8 Å². The topological polar surface area (TPSA) is 54.9 Å². The summed E-state index contributed by atoms with van der Waals surface area (Å²) in [5.41, 5.74) is 0.983. The summed E-state index contributed by atoms with van der Waals surface area (Å²) in [5, 5.41) is 12.6. The molecule has 0 saturated carbocycles. The molecule has 0 aliphatic rings. The van der Waals surface area contributed by atoms with Gasteiger partial charge in [-0.15, -0.1) is 10.2 Å². The maximum Gasteiger partial charge on any atom is 0.226 e. The molecule has 2 rings (SSSR count). The maximum absolute atomic E-state index is 11.7. The van der Waals surface area contributed by atoms with Gasteiger partial charge in [-0.3, -0.25) is 4.79 Å². The van der Waals surface area contributed by atoms with Gasteiger partial charge in [-0.05, 0) is 23.6 Å². The fourth-order valence-electron chi connectivity index (χ4n) is 1.64. The Morgan fingerprint density at radius 1 is 1.36 bits per heavy atom. The number of aromatic nitrogens is 2. The third kappa shape index (κ3) is 5.43. The standard InChI is InChI=1S/C14H15Cl2N3OS2/c1-8(2)5-12(20)17-13-18-19-14(22-13)21-7-9-3-4-10(15)6-11(9)16/h3-4,6,8H,5,7H2,1-2H3,(H,17,18,20). The van der Waals surface area contributed by atoms with Crippen molar-refractivity contribution in [2.75, 3.05) is 5.32 Å². The van der Waals surface area contributed by atoms with Gasteiger partial charge >= 0.3 is 0 Å². The molecule has 118 valence electrons. The highest BCUT2D eigenvalue weighted by atomic mass is 35.5. The van der Waals surface area contributed by atoms with Crippen LogP contribution in [0.5, 0.6) is 0 Å². The van der Waals surface area contributed by atoms with Gasteiger partial charge in [-0.25, -0.2) is 0 Å². The monoisotopic (exact) mass is 375 g/mol. The fraction of sp³-hybridized carbons (Fsp3) is 0.357. The van der Waals surface area contributed by atoms with Gasteiger partial charge in [0.2, 0.25) is 11.0 Å². The van der Waals surface area contributed by atoms with E-state index in [4.69, 9.17) is 23.2 Å². The Morgan fingerprint density at radius 2 is 2.14 bits per heavy atom. The highest BCUT2D eigenvalue weighted by Crippen LogP contribution is 2.31. The summed E-state index contributed by atoms with van der Waals surface area (Å²) in [7, 11) is 0. The average Bonchev–Trinajstić information content (AvgIpc) is 2.84. The Morgan fingerprint density at radius 3 is 2.82 bits per heavy atom. The van der Waals surface area contributed by atoms with Gasteiger partial charge in [0.15, 0.2) is 4.34 Å². The molecule has 1 aromatic heterocycles. The average molecular weight is 376 g/mol. The molecule has 8 heteroatoms. The number of rotatable bonds is 6. The van der Waals surface area contributed by atoms with E-state index < -0.39 is 0 Å². The van der Waals surface area contributed by atoms with Crippen molar-refractivity contribution in [3.63, 3.8) is 0 Å². The molecule has 0 fully saturated rings. The molecule has 0 aliphatic carbocycles. The smallest absolute Gasteiger partial charge is 0.226 e. The van der Waals surface area contributed by atoms with E-state index in [1.165, 1.54) is 23.1 Å². The molecule has 1 N–H and O–H groups in total. The largest absolute Gasteiger partial charge is 0.300 e. The summed E-state index contributed by atoms with van der Waals surface area (Å²) in [6, 6.07) is 5.42. The van der Waals surface area contributed by atoms with Crippen LogP contribution >= 0.6 is 46.3 Å². The van der Waals surface area contributed by atoms with E-state index in [0.717, 1.165) is 9.90 Å². The molecule has 1 amide bonds. The molecule has 0 saturated heterocycles. The number of amides is 1. The van der Waals surface area contributed by atoms with Crippen molar-refractivity contribution in [2.24, 2.45) is 5.92 Å². The first-order chi connectivity index (χ1) is 10.4. The minimum absolute atomic E-state index is 0.0385. The van der Waals surface area contributed by atoms with Crippen LogP contribution in [-0.4, -0.2) is 16.1 Å². The highest BCUT2D eigenvalue weighted by Gasteiger charge is 2.11. The number of thioether (sulfide) groups is 1.